The number of para-hydroxylation sites is 1. The van der Waals surface area contributed by atoms with E-state index in [0.717, 1.165) is 56.6 Å². The predicted molar refractivity (Wildman–Crippen MR) is 201 cm³/mol. The maximum Gasteiger partial charge on any atom is 2.00 e. The van der Waals surface area contributed by atoms with Crippen LogP contribution in [0, 0.1) is 56.6 Å². The van der Waals surface area contributed by atoms with Crippen molar-refractivity contribution in [3.63, 3.8) is 0 Å². The molecule has 2 atom stereocenters. The van der Waals surface area contributed by atoms with Crippen molar-refractivity contribution >= 4 is 21.8 Å². The van der Waals surface area contributed by atoms with E-state index >= 15 is 0 Å². The number of pyridine rings is 1. The number of nitrogens with zero attached hydrogens (tertiary/aromatic N) is 4. The van der Waals surface area contributed by atoms with Gasteiger partial charge in [0.1, 0.15) is 5.82 Å². The van der Waals surface area contributed by atoms with Crippen LogP contribution < -0.4 is 4.74 Å². The number of aromatic nitrogens is 4. The van der Waals surface area contributed by atoms with Crippen molar-refractivity contribution < 1.29 is 25.8 Å². The molecule has 3 heterocycles. The number of fused-ring (bicyclic) bond motifs is 3. The normalized spacial score (nSPS) is 16.8. The first kappa shape index (κ1) is 35.9. The Morgan fingerprint density at radius 1 is 0.820 bits per heavy atom. The Kier molecular flexibility index (Phi) is 9.54. The summed E-state index contributed by atoms with van der Waals surface area (Å²) in [5.41, 5.74) is 10.5. The predicted octanol–water partition coefficient (Wildman–Crippen LogP) is 11.5. The van der Waals surface area contributed by atoms with Crippen LogP contribution in [-0.2, 0) is 21.1 Å². The van der Waals surface area contributed by atoms with Crippen molar-refractivity contribution in [3.8, 4) is 23.0 Å². The van der Waals surface area contributed by atoms with E-state index in [9.17, 15) is 0 Å². The average molecular weight is 844 g/mol. The van der Waals surface area contributed by atoms with Gasteiger partial charge in [-0.1, -0.05) is 83.8 Å². The zero-order valence-corrected chi connectivity index (χ0v) is 33.3. The number of allylic oxidation sites excluding steroid dienone is 2. The van der Waals surface area contributed by atoms with Crippen LogP contribution in [0.3, 0.4) is 0 Å². The number of aryl methyl sites for hydroxylation is 3. The number of rotatable bonds is 5. The van der Waals surface area contributed by atoms with Gasteiger partial charge in [-0.2, -0.15) is 16.7 Å². The van der Waals surface area contributed by atoms with Crippen LogP contribution in [0.25, 0.3) is 33.3 Å². The molecule has 3 aromatic heterocycles. The number of hydrogen-bond acceptors (Lipinski definition) is 3. The SMILES string of the molecule is Cc1cc(Oc2[c-]c3c(cc2)c2ccccc2n3-c2cc(C)ccn2)[c-]c(-n2nc(C)c(C3C(C(C)(C)C)=CCC[C@@H]3C(C)(C)C)c2C)c1.[Pt+2]. The third kappa shape index (κ3) is 6.50. The second-order valence-electron chi connectivity index (χ2n) is 16.1. The average Bonchev–Trinajstić information content (AvgIpc) is 3.52. The van der Waals surface area contributed by atoms with E-state index in [1.807, 2.05) is 24.4 Å². The summed E-state index contributed by atoms with van der Waals surface area (Å²) in [5, 5.41) is 7.44. The molecule has 6 aromatic rings. The zero-order valence-electron chi connectivity index (χ0n) is 31.0. The van der Waals surface area contributed by atoms with Gasteiger partial charge in [-0.15, -0.1) is 35.7 Å². The molecule has 0 N–H and O–H groups in total. The van der Waals surface area contributed by atoms with Gasteiger partial charge in [0.15, 0.2) is 0 Å². The van der Waals surface area contributed by atoms with Crippen molar-refractivity contribution in [2.75, 3.05) is 0 Å². The van der Waals surface area contributed by atoms with E-state index in [1.54, 1.807) is 0 Å². The number of benzene rings is 3. The van der Waals surface area contributed by atoms with Gasteiger partial charge in [0.05, 0.1) is 5.69 Å². The fourth-order valence-electron chi connectivity index (χ4n) is 8.09. The maximum absolute atomic E-state index is 6.56. The Morgan fingerprint density at radius 3 is 2.30 bits per heavy atom. The fourth-order valence-corrected chi connectivity index (χ4v) is 8.09. The largest absolute Gasteiger partial charge is 2.00 e. The summed E-state index contributed by atoms with van der Waals surface area (Å²) in [6.45, 7) is 22.8. The van der Waals surface area contributed by atoms with Gasteiger partial charge < -0.3 is 9.30 Å². The Morgan fingerprint density at radius 2 is 1.58 bits per heavy atom. The molecule has 0 fully saturated rings. The van der Waals surface area contributed by atoms with Crippen LogP contribution in [0.4, 0.5) is 0 Å². The van der Waals surface area contributed by atoms with Crippen molar-refractivity contribution in [2.45, 2.75) is 88.0 Å². The molecule has 5 nitrogen and oxygen atoms in total. The molecule has 0 amide bonds. The van der Waals surface area contributed by atoms with Gasteiger partial charge in [-0.05, 0) is 85.2 Å². The molecular formula is C44H48N4OPt. The van der Waals surface area contributed by atoms with Crippen LogP contribution in [-0.4, -0.2) is 19.3 Å². The Balaban J connectivity index is 0.00000432. The fraction of sp³-hybridized carbons (Fsp3) is 0.364. The van der Waals surface area contributed by atoms with E-state index in [-0.39, 0.29) is 31.9 Å². The molecule has 1 aliphatic carbocycles. The minimum Gasteiger partial charge on any atom is -0.509 e. The standard InChI is InChI=1S/C44H48N4O.Pt/c1-27-20-21-45-40(24-27)47-38-17-12-11-14-34(38)35-19-18-32(26-39(35)47)49-33-23-28(2)22-31(25-33)48-30(4)41(29(3)46-48)42-36(43(5,6)7)15-13-16-37(42)44(8,9)10;/h11-12,14-15,17-24,37,42H,13,16H2,1-10H3;/q-2;+2/t37-,42?;/m0./s1. The van der Waals surface area contributed by atoms with Crippen LogP contribution in [0.15, 0.2) is 78.5 Å². The molecule has 3 aromatic carbocycles. The summed E-state index contributed by atoms with van der Waals surface area (Å²) >= 11 is 0. The third-order valence-corrected chi connectivity index (χ3v) is 10.3. The first-order valence-corrected chi connectivity index (χ1v) is 17.6. The Bertz CT molecular complexity index is 2240. The van der Waals surface area contributed by atoms with E-state index < -0.39 is 0 Å². The summed E-state index contributed by atoms with van der Waals surface area (Å²) in [7, 11) is 0. The molecule has 0 aliphatic heterocycles. The quantitative estimate of drug-likeness (QED) is 0.128. The van der Waals surface area contributed by atoms with Gasteiger partial charge in [-0.25, -0.2) is 4.98 Å². The molecule has 260 valence electrons. The molecule has 0 radical (unpaired) electrons. The zero-order chi connectivity index (χ0) is 34.8. The molecule has 1 unspecified atom stereocenters. The molecule has 7 rings (SSSR count). The van der Waals surface area contributed by atoms with Gasteiger partial charge in [-0.3, -0.25) is 4.68 Å². The second-order valence-corrected chi connectivity index (χ2v) is 16.1. The van der Waals surface area contributed by atoms with E-state index in [4.69, 9.17) is 14.8 Å². The first-order valence-electron chi connectivity index (χ1n) is 17.6. The topological polar surface area (TPSA) is 44.9 Å². The summed E-state index contributed by atoms with van der Waals surface area (Å²) in [4.78, 5) is 4.72. The van der Waals surface area contributed by atoms with E-state index in [2.05, 4.69) is 139 Å². The van der Waals surface area contributed by atoms with Gasteiger partial charge in [0, 0.05) is 40.4 Å². The monoisotopic (exact) mass is 843 g/mol. The smallest absolute Gasteiger partial charge is 0.509 e. The van der Waals surface area contributed by atoms with Crippen molar-refractivity contribution in [3.05, 3.63) is 119 Å². The molecule has 1 aliphatic rings. The van der Waals surface area contributed by atoms with Crippen molar-refractivity contribution in [2.24, 2.45) is 16.7 Å². The van der Waals surface area contributed by atoms with Crippen LogP contribution in [0.1, 0.15) is 88.4 Å². The Labute approximate surface area is 312 Å². The summed E-state index contributed by atoms with van der Waals surface area (Å²) in [5.74, 6) is 2.97. The molecule has 0 spiro atoms. The van der Waals surface area contributed by atoms with Crippen LogP contribution in [0.5, 0.6) is 11.5 Å². The molecular weight excluding hydrogens is 796 g/mol. The van der Waals surface area contributed by atoms with Crippen LogP contribution >= 0.6 is 0 Å². The first-order chi connectivity index (χ1) is 23.2. The molecule has 0 saturated heterocycles. The summed E-state index contributed by atoms with van der Waals surface area (Å²) in [6, 6.07) is 28.0. The van der Waals surface area contributed by atoms with Crippen molar-refractivity contribution in [1.82, 2.24) is 19.3 Å². The number of ether oxygens (including phenoxy) is 1. The van der Waals surface area contributed by atoms with Gasteiger partial charge in [0.25, 0.3) is 0 Å². The second kappa shape index (κ2) is 13.3. The summed E-state index contributed by atoms with van der Waals surface area (Å²) in [6.07, 6.45) is 6.69. The Hall–Kier alpha value is -3.95. The minimum atomic E-state index is 0. The molecule has 6 heteroatoms. The molecule has 0 bridgehead atoms. The molecule has 0 saturated carbocycles. The molecule has 50 heavy (non-hydrogen) atoms. The van der Waals surface area contributed by atoms with E-state index in [1.165, 1.54) is 23.3 Å². The summed E-state index contributed by atoms with van der Waals surface area (Å²) < 4.78 is 10.8. The van der Waals surface area contributed by atoms with Gasteiger partial charge in [0.2, 0.25) is 0 Å². The van der Waals surface area contributed by atoms with Gasteiger partial charge >= 0.3 is 21.1 Å². The third-order valence-electron chi connectivity index (χ3n) is 10.3. The minimum absolute atomic E-state index is 0. The van der Waals surface area contributed by atoms with E-state index in [0.29, 0.717) is 23.3 Å². The number of hydrogen-bond donors (Lipinski definition) is 0. The van der Waals surface area contributed by atoms with Crippen LogP contribution in [0.2, 0.25) is 0 Å². The maximum atomic E-state index is 6.56. The van der Waals surface area contributed by atoms with Crippen molar-refractivity contribution in [1.29, 1.82) is 0 Å².